The molecular weight excluding hydrogens is 374 g/mol. The molecule has 1 aromatic heterocycles. The van der Waals surface area contributed by atoms with Crippen molar-refractivity contribution in [2.45, 2.75) is 51.3 Å². The van der Waals surface area contributed by atoms with Crippen molar-refractivity contribution >= 4 is 22.2 Å². The lowest BCUT2D eigenvalue weighted by molar-refractivity contribution is -0.789. The van der Waals surface area contributed by atoms with Crippen molar-refractivity contribution in [2.75, 3.05) is 11.9 Å². The highest BCUT2D eigenvalue weighted by atomic mass is 32.1. The highest BCUT2D eigenvalue weighted by Crippen LogP contribution is 2.42. The predicted octanol–water partition coefficient (Wildman–Crippen LogP) is 2.53. The van der Waals surface area contributed by atoms with Crippen LogP contribution in [0.2, 0.25) is 0 Å². The molecular formula is C21H24N3O3S+. The molecule has 3 heterocycles. The van der Waals surface area contributed by atoms with Crippen LogP contribution in [0.4, 0.5) is 5.00 Å². The van der Waals surface area contributed by atoms with Gasteiger partial charge in [-0.05, 0) is 45.4 Å². The SMILES string of the molecule is CC1(C)Cc2c(sc(NC(=O)[C@@H]3COc4ccccc4O3)c2C#N)C(C)(C)[NH2+]1. The molecule has 0 bridgehead atoms. The Morgan fingerprint density at radius 3 is 2.71 bits per heavy atom. The number of nitrogens with two attached hydrogens (primary N) is 1. The third kappa shape index (κ3) is 3.23. The molecule has 0 spiro atoms. The van der Waals surface area contributed by atoms with Crippen molar-refractivity contribution in [3.05, 3.63) is 40.3 Å². The first-order valence-corrected chi connectivity index (χ1v) is 10.1. The van der Waals surface area contributed by atoms with E-state index in [4.69, 9.17) is 9.47 Å². The molecule has 6 nitrogen and oxygen atoms in total. The van der Waals surface area contributed by atoms with Gasteiger partial charge in [-0.2, -0.15) is 5.26 Å². The van der Waals surface area contributed by atoms with Crippen molar-refractivity contribution in [1.29, 1.82) is 5.26 Å². The third-order valence-corrected chi connectivity index (χ3v) is 6.61. The number of para-hydroxylation sites is 2. The lowest BCUT2D eigenvalue weighted by atomic mass is 9.81. The van der Waals surface area contributed by atoms with Crippen LogP contribution >= 0.6 is 11.3 Å². The largest absolute Gasteiger partial charge is 0.485 e. The third-order valence-electron chi connectivity index (χ3n) is 5.13. The van der Waals surface area contributed by atoms with Gasteiger partial charge < -0.3 is 20.1 Å². The Hall–Kier alpha value is -2.56. The van der Waals surface area contributed by atoms with Gasteiger partial charge in [-0.1, -0.05) is 12.1 Å². The molecule has 146 valence electrons. The molecule has 3 N–H and O–H groups in total. The van der Waals surface area contributed by atoms with E-state index >= 15 is 0 Å². The molecule has 0 unspecified atom stereocenters. The van der Waals surface area contributed by atoms with Gasteiger partial charge in [-0.15, -0.1) is 11.3 Å². The van der Waals surface area contributed by atoms with E-state index in [-0.39, 0.29) is 23.6 Å². The number of carbonyl (C=O) groups is 1. The Bertz CT molecular complexity index is 987. The van der Waals surface area contributed by atoms with Gasteiger partial charge in [0.1, 0.15) is 23.2 Å². The quantitative estimate of drug-likeness (QED) is 0.814. The van der Waals surface area contributed by atoms with Gasteiger partial charge >= 0.3 is 0 Å². The molecule has 2 aromatic rings. The van der Waals surface area contributed by atoms with Gasteiger partial charge in [0.05, 0.1) is 16.0 Å². The zero-order valence-corrected chi connectivity index (χ0v) is 17.3. The first-order chi connectivity index (χ1) is 13.2. The average molecular weight is 399 g/mol. The van der Waals surface area contributed by atoms with Gasteiger partial charge in [0.15, 0.2) is 11.5 Å². The van der Waals surface area contributed by atoms with E-state index in [1.807, 2.05) is 18.2 Å². The average Bonchev–Trinajstić information content (AvgIpc) is 2.97. The minimum Gasteiger partial charge on any atom is -0.485 e. The van der Waals surface area contributed by atoms with Crippen molar-refractivity contribution < 1.29 is 19.6 Å². The highest BCUT2D eigenvalue weighted by Gasteiger charge is 2.44. The van der Waals surface area contributed by atoms with Gasteiger partial charge in [0.2, 0.25) is 6.10 Å². The molecule has 1 amide bonds. The fraction of sp³-hybridized carbons (Fsp3) is 0.429. The number of anilines is 1. The van der Waals surface area contributed by atoms with Gasteiger partial charge in [-0.25, -0.2) is 0 Å². The van der Waals surface area contributed by atoms with E-state index < -0.39 is 6.10 Å². The zero-order chi connectivity index (χ0) is 20.1. The van der Waals surface area contributed by atoms with Gasteiger partial charge in [0.25, 0.3) is 5.91 Å². The maximum atomic E-state index is 12.8. The summed E-state index contributed by atoms with van der Waals surface area (Å²) in [6.07, 6.45) is 0.0360. The second-order valence-electron chi connectivity index (χ2n) is 8.61. The van der Waals surface area contributed by atoms with Gasteiger partial charge in [0, 0.05) is 6.42 Å². The Kier molecular flexibility index (Phi) is 4.36. The number of thiophene rings is 1. The Balaban J connectivity index is 1.61. The van der Waals surface area contributed by atoms with Crippen LogP contribution in [0, 0.1) is 11.3 Å². The fourth-order valence-electron chi connectivity index (χ4n) is 4.25. The number of fused-ring (bicyclic) bond motifs is 2. The summed E-state index contributed by atoms with van der Waals surface area (Å²) in [4.78, 5) is 14.0. The number of hydrogen-bond acceptors (Lipinski definition) is 5. The molecule has 0 saturated heterocycles. The lowest BCUT2D eigenvalue weighted by Crippen LogP contribution is -3.03. The summed E-state index contributed by atoms with van der Waals surface area (Å²) in [7, 11) is 0. The molecule has 2 aliphatic heterocycles. The Labute approximate surface area is 168 Å². The number of quaternary nitrogens is 1. The topological polar surface area (TPSA) is 88.0 Å². The molecule has 2 aliphatic rings. The van der Waals surface area contributed by atoms with Crippen LogP contribution in [-0.2, 0) is 16.8 Å². The number of carbonyl (C=O) groups excluding carboxylic acids is 1. The van der Waals surface area contributed by atoms with Crippen LogP contribution in [0.3, 0.4) is 0 Å². The summed E-state index contributed by atoms with van der Waals surface area (Å²) < 4.78 is 11.4. The monoisotopic (exact) mass is 398 g/mol. The molecule has 1 atom stereocenters. The van der Waals surface area contributed by atoms with Crippen LogP contribution in [0.1, 0.15) is 43.7 Å². The summed E-state index contributed by atoms with van der Waals surface area (Å²) in [6.45, 7) is 8.82. The minimum atomic E-state index is -0.753. The van der Waals surface area contributed by atoms with Crippen LogP contribution in [0.15, 0.2) is 24.3 Å². The normalized spacial score (nSPS) is 21.3. The number of benzene rings is 1. The Morgan fingerprint density at radius 1 is 1.29 bits per heavy atom. The van der Waals surface area contributed by atoms with E-state index in [2.05, 4.69) is 44.4 Å². The first kappa shape index (κ1) is 18.8. The minimum absolute atomic E-state index is 0.00547. The molecule has 28 heavy (non-hydrogen) atoms. The van der Waals surface area contributed by atoms with E-state index in [0.717, 1.165) is 16.9 Å². The number of hydrogen-bond donors (Lipinski definition) is 2. The van der Waals surface area contributed by atoms with Crippen LogP contribution < -0.4 is 20.1 Å². The number of nitriles is 1. The number of rotatable bonds is 2. The number of nitrogens with zero attached hydrogens (tertiary/aromatic N) is 1. The molecule has 0 radical (unpaired) electrons. The first-order valence-electron chi connectivity index (χ1n) is 9.33. The van der Waals surface area contributed by atoms with E-state index in [0.29, 0.717) is 22.1 Å². The summed E-state index contributed by atoms with van der Waals surface area (Å²) in [5.41, 5.74) is 1.46. The molecule has 7 heteroatoms. The summed E-state index contributed by atoms with van der Waals surface area (Å²) in [5.74, 6) is 0.887. The lowest BCUT2D eigenvalue weighted by Gasteiger charge is -2.38. The number of ether oxygens (including phenoxy) is 2. The van der Waals surface area contributed by atoms with Crippen molar-refractivity contribution in [3.63, 3.8) is 0 Å². The van der Waals surface area contributed by atoms with Gasteiger partial charge in [-0.3, -0.25) is 4.79 Å². The summed E-state index contributed by atoms with van der Waals surface area (Å²) >= 11 is 1.49. The van der Waals surface area contributed by atoms with Crippen LogP contribution in [0.25, 0.3) is 0 Å². The molecule has 4 rings (SSSR count). The molecule has 0 fully saturated rings. The highest BCUT2D eigenvalue weighted by molar-refractivity contribution is 7.16. The van der Waals surface area contributed by atoms with E-state index in [1.54, 1.807) is 6.07 Å². The van der Waals surface area contributed by atoms with E-state index in [1.165, 1.54) is 11.3 Å². The smallest absolute Gasteiger partial charge is 0.269 e. The second-order valence-corrected chi connectivity index (χ2v) is 9.63. The fourth-order valence-corrected chi connectivity index (χ4v) is 5.50. The maximum Gasteiger partial charge on any atom is 0.269 e. The second kappa shape index (κ2) is 6.50. The zero-order valence-electron chi connectivity index (χ0n) is 16.5. The number of amides is 1. The molecule has 0 saturated carbocycles. The van der Waals surface area contributed by atoms with Crippen molar-refractivity contribution in [1.82, 2.24) is 0 Å². The van der Waals surface area contributed by atoms with E-state index in [9.17, 15) is 10.1 Å². The molecule has 1 aromatic carbocycles. The van der Waals surface area contributed by atoms with Crippen LogP contribution in [0.5, 0.6) is 11.5 Å². The maximum absolute atomic E-state index is 12.8. The summed E-state index contributed by atoms with van der Waals surface area (Å²) in [5, 5.41) is 15.6. The Morgan fingerprint density at radius 2 is 2.00 bits per heavy atom. The predicted molar refractivity (Wildman–Crippen MR) is 107 cm³/mol. The number of nitrogens with one attached hydrogen (secondary N) is 1. The van der Waals surface area contributed by atoms with Crippen molar-refractivity contribution in [2.24, 2.45) is 0 Å². The summed E-state index contributed by atoms with van der Waals surface area (Å²) in [6, 6.07) is 9.60. The van der Waals surface area contributed by atoms with Crippen molar-refractivity contribution in [3.8, 4) is 17.6 Å². The standard InChI is InChI=1S/C21H23N3O3S/c1-20(2)9-12-13(10-22)19(28-17(12)21(3,4)24-20)23-18(25)16-11-26-14-7-5-6-8-15(14)27-16/h5-8,16,24H,9,11H2,1-4H3,(H,23,25)/p+1/t16-/m0/s1. The molecule has 0 aliphatic carbocycles. The van der Waals surface area contributed by atoms with Crippen LogP contribution in [-0.4, -0.2) is 24.2 Å².